The van der Waals surface area contributed by atoms with Gasteiger partial charge >= 0.3 is 0 Å². The van der Waals surface area contributed by atoms with Crippen LogP contribution in [-0.2, 0) is 16.6 Å². The Bertz CT molecular complexity index is 533. The third-order valence-electron chi connectivity index (χ3n) is 3.82. The molecule has 1 saturated heterocycles. The maximum Gasteiger partial charge on any atom is 0.235 e. The minimum absolute atomic E-state index is 0. The predicted molar refractivity (Wildman–Crippen MR) is 84.3 cm³/mol. The molecule has 0 aliphatic carbocycles. The molecule has 0 amide bonds. The van der Waals surface area contributed by atoms with Crippen LogP contribution in [0.5, 0.6) is 0 Å². The molecule has 2 aromatic heterocycles. The highest BCUT2D eigenvalue weighted by Gasteiger charge is 2.39. The molecule has 0 atom stereocenters. The van der Waals surface area contributed by atoms with Crippen LogP contribution in [0.4, 0.5) is 0 Å². The van der Waals surface area contributed by atoms with Crippen LogP contribution >= 0.6 is 23.7 Å². The third kappa shape index (κ3) is 3.63. The molecule has 2 aromatic rings. The maximum absolute atomic E-state index is 5.54. The first-order chi connectivity index (χ1) is 9.82. The van der Waals surface area contributed by atoms with E-state index in [9.17, 15) is 0 Å². The number of hydrogen-bond acceptors (Lipinski definition) is 6. The molecule has 5 nitrogen and oxygen atoms in total. The number of hydrogen-bond donors (Lipinski definition) is 1. The van der Waals surface area contributed by atoms with Crippen LogP contribution in [0.25, 0.3) is 0 Å². The highest BCUT2D eigenvalue weighted by Crippen LogP contribution is 2.32. The number of halogens is 1. The van der Waals surface area contributed by atoms with Crippen LogP contribution in [-0.4, -0.2) is 36.9 Å². The number of rotatable bonds is 5. The lowest BCUT2D eigenvalue weighted by atomic mass is 9.79. The Balaban J connectivity index is 0.00000161. The Morgan fingerprint density at radius 2 is 2.24 bits per heavy atom. The standard InChI is InChI=1S/C14H19N3O2S.ClH/c1-18-10-14(4-6-15-7-5-14)13-16-12(17-19-13)9-11-3-2-8-20-11;/h2-3,8,15H,4-7,9-10H2,1H3;1H. The molecule has 7 heteroatoms. The third-order valence-corrected chi connectivity index (χ3v) is 4.69. The number of nitrogens with zero attached hydrogens (tertiary/aromatic N) is 2. The van der Waals surface area contributed by atoms with Gasteiger partial charge in [-0.25, -0.2) is 0 Å². The smallest absolute Gasteiger partial charge is 0.235 e. The molecule has 0 bridgehead atoms. The summed E-state index contributed by atoms with van der Waals surface area (Å²) < 4.78 is 10.9. The lowest BCUT2D eigenvalue weighted by Gasteiger charge is -2.33. The highest BCUT2D eigenvalue weighted by molar-refractivity contribution is 7.09. The van der Waals surface area contributed by atoms with Gasteiger partial charge in [0.25, 0.3) is 0 Å². The Labute approximate surface area is 134 Å². The summed E-state index contributed by atoms with van der Waals surface area (Å²) in [7, 11) is 1.73. The van der Waals surface area contributed by atoms with E-state index in [-0.39, 0.29) is 17.8 Å². The van der Waals surface area contributed by atoms with Gasteiger partial charge in [0.15, 0.2) is 5.82 Å². The SMILES string of the molecule is COCC1(c2nc(Cc3cccs3)no2)CCNCC1.Cl. The molecule has 1 aliphatic rings. The van der Waals surface area contributed by atoms with Gasteiger partial charge in [-0.15, -0.1) is 23.7 Å². The number of methoxy groups -OCH3 is 1. The molecule has 1 N–H and O–H groups in total. The fraction of sp³-hybridized carbons (Fsp3) is 0.571. The molecular weight excluding hydrogens is 310 g/mol. The van der Waals surface area contributed by atoms with Crippen molar-refractivity contribution < 1.29 is 9.26 Å². The minimum Gasteiger partial charge on any atom is -0.384 e. The number of piperidine rings is 1. The zero-order chi connectivity index (χ0) is 13.8. The van der Waals surface area contributed by atoms with Crippen molar-refractivity contribution in [2.75, 3.05) is 26.8 Å². The zero-order valence-corrected chi connectivity index (χ0v) is 13.6. The van der Waals surface area contributed by atoms with E-state index in [1.54, 1.807) is 18.4 Å². The van der Waals surface area contributed by atoms with E-state index in [4.69, 9.17) is 9.26 Å². The first-order valence-electron chi connectivity index (χ1n) is 6.87. The van der Waals surface area contributed by atoms with E-state index in [0.717, 1.165) is 44.1 Å². The molecule has 3 rings (SSSR count). The van der Waals surface area contributed by atoms with E-state index >= 15 is 0 Å². The quantitative estimate of drug-likeness (QED) is 0.912. The summed E-state index contributed by atoms with van der Waals surface area (Å²) >= 11 is 1.72. The predicted octanol–water partition coefficient (Wildman–Crippen LogP) is 2.41. The lowest BCUT2D eigenvalue weighted by Crippen LogP contribution is -2.43. The molecule has 0 radical (unpaired) electrons. The Morgan fingerprint density at radius 3 is 2.90 bits per heavy atom. The van der Waals surface area contributed by atoms with E-state index in [1.165, 1.54) is 4.88 Å². The van der Waals surface area contributed by atoms with Crippen molar-refractivity contribution in [3.05, 3.63) is 34.1 Å². The molecule has 21 heavy (non-hydrogen) atoms. The van der Waals surface area contributed by atoms with Crippen molar-refractivity contribution in [2.24, 2.45) is 0 Å². The van der Waals surface area contributed by atoms with Crippen molar-refractivity contribution >= 4 is 23.7 Å². The van der Waals surface area contributed by atoms with Crippen molar-refractivity contribution in [3.63, 3.8) is 0 Å². The fourth-order valence-electron chi connectivity index (χ4n) is 2.71. The molecule has 0 aromatic carbocycles. The monoisotopic (exact) mass is 329 g/mol. The summed E-state index contributed by atoms with van der Waals surface area (Å²) in [5.41, 5.74) is -0.124. The van der Waals surface area contributed by atoms with E-state index in [0.29, 0.717) is 6.61 Å². The summed E-state index contributed by atoms with van der Waals surface area (Å²) in [6.07, 6.45) is 2.69. The normalized spacial score (nSPS) is 17.4. The average Bonchev–Trinajstić information content (AvgIpc) is 3.13. The molecule has 116 valence electrons. The van der Waals surface area contributed by atoms with Crippen molar-refractivity contribution in [1.29, 1.82) is 0 Å². The van der Waals surface area contributed by atoms with Crippen LogP contribution in [0.15, 0.2) is 22.0 Å². The van der Waals surface area contributed by atoms with E-state index in [2.05, 4.69) is 26.9 Å². The molecule has 1 fully saturated rings. The number of aromatic nitrogens is 2. The molecular formula is C14H20ClN3O2S. The minimum atomic E-state index is -0.124. The molecule has 0 saturated carbocycles. The van der Waals surface area contributed by atoms with Gasteiger partial charge in [-0.1, -0.05) is 11.2 Å². The van der Waals surface area contributed by atoms with Gasteiger partial charge in [-0.3, -0.25) is 0 Å². The van der Waals surface area contributed by atoms with Gasteiger partial charge in [-0.2, -0.15) is 4.98 Å². The maximum atomic E-state index is 5.54. The van der Waals surface area contributed by atoms with Gasteiger partial charge < -0.3 is 14.6 Å². The van der Waals surface area contributed by atoms with Crippen LogP contribution in [0.3, 0.4) is 0 Å². The van der Waals surface area contributed by atoms with Crippen LogP contribution in [0.1, 0.15) is 29.4 Å². The first-order valence-corrected chi connectivity index (χ1v) is 7.75. The second-order valence-corrected chi connectivity index (χ2v) is 6.27. The van der Waals surface area contributed by atoms with Gasteiger partial charge in [0.2, 0.25) is 5.89 Å². The van der Waals surface area contributed by atoms with Crippen LogP contribution < -0.4 is 5.32 Å². The number of nitrogens with one attached hydrogen (secondary N) is 1. The zero-order valence-electron chi connectivity index (χ0n) is 12.0. The van der Waals surface area contributed by atoms with Crippen LogP contribution in [0.2, 0.25) is 0 Å². The Hall–Kier alpha value is -0.950. The summed E-state index contributed by atoms with van der Waals surface area (Å²) in [6, 6.07) is 4.14. The molecule has 3 heterocycles. The van der Waals surface area contributed by atoms with Crippen molar-refractivity contribution in [1.82, 2.24) is 15.5 Å². The Kier molecular flexibility index (Phi) is 5.75. The van der Waals surface area contributed by atoms with Crippen LogP contribution in [0, 0.1) is 0 Å². The summed E-state index contributed by atoms with van der Waals surface area (Å²) in [5, 5.41) is 9.57. The summed E-state index contributed by atoms with van der Waals surface area (Å²) in [5.74, 6) is 1.49. The number of thiophene rings is 1. The van der Waals surface area contributed by atoms with Gasteiger partial charge in [-0.05, 0) is 37.4 Å². The van der Waals surface area contributed by atoms with E-state index < -0.39 is 0 Å². The average molecular weight is 330 g/mol. The van der Waals surface area contributed by atoms with Gasteiger partial charge in [0.05, 0.1) is 12.0 Å². The lowest BCUT2D eigenvalue weighted by molar-refractivity contribution is 0.0849. The molecule has 0 spiro atoms. The van der Waals surface area contributed by atoms with Crippen molar-refractivity contribution in [3.8, 4) is 0 Å². The van der Waals surface area contributed by atoms with Crippen molar-refractivity contribution in [2.45, 2.75) is 24.7 Å². The fourth-order valence-corrected chi connectivity index (χ4v) is 3.41. The second kappa shape index (κ2) is 7.35. The molecule has 0 unspecified atom stereocenters. The molecule has 1 aliphatic heterocycles. The summed E-state index contributed by atoms with van der Waals surface area (Å²) in [6.45, 7) is 2.56. The van der Waals surface area contributed by atoms with E-state index in [1.807, 2.05) is 6.07 Å². The van der Waals surface area contributed by atoms with Gasteiger partial charge in [0.1, 0.15) is 0 Å². The largest absolute Gasteiger partial charge is 0.384 e. The topological polar surface area (TPSA) is 60.2 Å². The highest BCUT2D eigenvalue weighted by atomic mass is 35.5. The first kappa shape index (κ1) is 16.4. The second-order valence-electron chi connectivity index (χ2n) is 5.24. The number of ether oxygens (including phenoxy) is 1. The van der Waals surface area contributed by atoms with Gasteiger partial charge in [0, 0.05) is 18.4 Å². The Morgan fingerprint density at radius 1 is 1.43 bits per heavy atom. The summed E-state index contributed by atoms with van der Waals surface area (Å²) in [4.78, 5) is 5.87.